The largest absolute Gasteiger partial charge is 0.480 e. The molecule has 7 heteroatoms. The zero-order valence-electron chi connectivity index (χ0n) is 15.2. The summed E-state index contributed by atoms with van der Waals surface area (Å²) in [4.78, 5) is 37.6. The van der Waals surface area contributed by atoms with Crippen LogP contribution >= 0.6 is 0 Å². The molecular weight excluding hydrogens is 336 g/mol. The monoisotopic (exact) mass is 362 g/mol. The second-order valence-electron chi connectivity index (χ2n) is 6.92. The van der Waals surface area contributed by atoms with Crippen LogP contribution in [0.1, 0.15) is 38.7 Å². The smallest absolute Gasteiger partial charge is 0.408 e. The quantitative estimate of drug-likeness (QED) is 0.776. The number of nitrogens with one attached hydrogen (secondary N) is 1. The number of nitrogens with zero attached hydrogens (tertiary/aromatic N) is 1. The van der Waals surface area contributed by atoms with Crippen LogP contribution in [0.3, 0.4) is 0 Å². The van der Waals surface area contributed by atoms with E-state index in [1.807, 2.05) is 44.2 Å². The first kappa shape index (κ1) is 19.8. The molecular formula is C19H26N2O5. The summed E-state index contributed by atoms with van der Waals surface area (Å²) in [7, 11) is 0. The van der Waals surface area contributed by atoms with E-state index in [0.717, 1.165) is 5.56 Å². The molecule has 0 aliphatic carbocycles. The highest BCUT2D eigenvalue weighted by Crippen LogP contribution is 2.20. The second-order valence-corrected chi connectivity index (χ2v) is 6.92. The number of benzene rings is 1. The Bertz CT molecular complexity index is 632. The van der Waals surface area contributed by atoms with E-state index in [0.29, 0.717) is 25.8 Å². The Morgan fingerprint density at radius 1 is 1.27 bits per heavy atom. The van der Waals surface area contributed by atoms with Gasteiger partial charge >= 0.3 is 12.1 Å². The zero-order valence-corrected chi connectivity index (χ0v) is 15.2. The van der Waals surface area contributed by atoms with Crippen LogP contribution in [-0.4, -0.2) is 46.6 Å². The Balaban J connectivity index is 1.98. The van der Waals surface area contributed by atoms with Gasteiger partial charge in [0.1, 0.15) is 18.7 Å². The van der Waals surface area contributed by atoms with E-state index < -0.39 is 24.1 Å². The highest BCUT2D eigenvalue weighted by Gasteiger charge is 2.37. The fourth-order valence-electron chi connectivity index (χ4n) is 3.09. The van der Waals surface area contributed by atoms with Gasteiger partial charge in [-0.25, -0.2) is 9.59 Å². The molecule has 2 amide bonds. The number of carbonyl (C=O) groups is 3. The van der Waals surface area contributed by atoms with Crippen molar-refractivity contribution in [2.75, 3.05) is 6.54 Å². The van der Waals surface area contributed by atoms with Crippen molar-refractivity contribution >= 4 is 18.0 Å². The number of hydrogen-bond acceptors (Lipinski definition) is 4. The molecule has 1 fully saturated rings. The average Bonchev–Trinajstić information content (AvgIpc) is 3.09. The number of alkyl carbamates (subject to hydrolysis) is 1. The summed E-state index contributed by atoms with van der Waals surface area (Å²) in [5, 5.41) is 11.9. The lowest BCUT2D eigenvalue weighted by molar-refractivity contribution is -0.149. The average molecular weight is 362 g/mol. The molecule has 2 N–H and O–H groups in total. The Kier molecular flexibility index (Phi) is 7.00. The number of hydrogen-bond donors (Lipinski definition) is 2. The van der Waals surface area contributed by atoms with E-state index in [2.05, 4.69) is 5.32 Å². The summed E-state index contributed by atoms with van der Waals surface area (Å²) in [6, 6.07) is 7.63. The minimum Gasteiger partial charge on any atom is -0.480 e. The van der Waals surface area contributed by atoms with Crippen molar-refractivity contribution < 1.29 is 24.2 Å². The van der Waals surface area contributed by atoms with E-state index in [1.165, 1.54) is 4.90 Å². The maximum Gasteiger partial charge on any atom is 0.408 e. The predicted octanol–water partition coefficient (Wildman–Crippen LogP) is 2.40. The maximum absolute atomic E-state index is 12.8. The Hall–Kier alpha value is -2.57. The molecule has 0 bridgehead atoms. The molecule has 1 aromatic carbocycles. The van der Waals surface area contributed by atoms with Gasteiger partial charge in [-0.3, -0.25) is 4.79 Å². The number of carboxylic acids is 1. The first-order chi connectivity index (χ1) is 12.4. The number of aliphatic carboxylic acids is 1. The fourth-order valence-corrected chi connectivity index (χ4v) is 3.09. The predicted molar refractivity (Wildman–Crippen MR) is 95.4 cm³/mol. The van der Waals surface area contributed by atoms with Crippen LogP contribution in [0.2, 0.25) is 0 Å². The molecule has 142 valence electrons. The van der Waals surface area contributed by atoms with Gasteiger partial charge in [0.05, 0.1) is 0 Å². The van der Waals surface area contributed by atoms with E-state index in [-0.39, 0.29) is 18.4 Å². The highest BCUT2D eigenvalue weighted by atomic mass is 16.5. The number of ether oxygens (including phenoxy) is 1. The standard InChI is InChI=1S/C19H26N2O5/c1-13(2)11-15(17(22)21-10-6-9-16(21)18(23)24)20-19(25)26-12-14-7-4-3-5-8-14/h3-5,7-8,13,15-16H,6,9-12H2,1-2H3,(H,20,25)(H,23,24)/t15-,16-/m0/s1. The highest BCUT2D eigenvalue weighted by molar-refractivity contribution is 5.89. The molecule has 26 heavy (non-hydrogen) atoms. The Morgan fingerprint density at radius 3 is 2.58 bits per heavy atom. The van der Waals surface area contributed by atoms with Crippen molar-refractivity contribution in [1.29, 1.82) is 0 Å². The van der Waals surface area contributed by atoms with Crippen molar-refractivity contribution in [2.24, 2.45) is 5.92 Å². The van der Waals surface area contributed by atoms with Crippen LogP contribution in [0.5, 0.6) is 0 Å². The number of rotatable bonds is 7. The first-order valence-corrected chi connectivity index (χ1v) is 8.89. The van der Waals surface area contributed by atoms with E-state index in [4.69, 9.17) is 4.74 Å². The van der Waals surface area contributed by atoms with Crippen molar-refractivity contribution in [3.63, 3.8) is 0 Å². The van der Waals surface area contributed by atoms with Gasteiger partial charge in [-0.1, -0.05) is 44.2 Å². The lowest BCUT2D eigenvalue weighted by atomic mass is 10.0. The number of amides is 2. The molecule has 1 saturated heterocycles. The fraction of sp³-hybridized carbons (Fsp3) is 0.526. The van der Waals surface area contributed by atoms with Crippen LogP contribution < -0.4 is 5.32 Å². The van der Waals surface area contributed by atoms with Crippen LogP contribution in [0.4, 0.5) is 4.79 Å². The first-order valence-electron chi connectivity index (χ1n) is 8.89. The molecule has 1 aliphatic rings. The Morgan fingerprint density at radius 2 is 1.96 bits per heavy atom. The third-order valence-corrected chi connectivity index (χ3v) is 4.33. The van der Waals surface area contributed by atoms with E-state index in [1.54, 1.807) is 0 Å². The van der Waals surface area contributed by atoms with Gasteiger partial charge in [-0.05, 0) is 30.7 Å². The topological polar surface area (TPSA) is 95.9 Å². The molecule has 2 rings (SSSR count). The summed E-state index contributed by atoms with van der Waals surface area (Å²) in [5.74, 6) is -1.21. The summed E-state index contributed by atoms with van der Waals surface area (Å²) in [6.07, 6.45) is 0.824. The van der Waals surface area contributed by atoms with Crippen molar-refractivity contribution in [3.05, 3.63) is 35.9 Å². The summed E-state index contributed by atoms with van der Waals surface area (Å²) in [6.45, 7) is 4.38. The zero-order chi connectivity index (χ0) is 19.1. The lowest BCUT2D eigenvalue weighted by Crippen LogP contribution is -2.52. The lowest BCUT2D eigenvalue weighted by Gasteiger charge is -2.28. The molecule has 0 aromatic heterocycles. The van der Waals surface area contributed by atoms with Crippen LogP contribution in [-0.2, 0) is 20.9 Å². The van der Waals surface area contributed by atoms with Crippen molar-refractivity contribution in [3.8, 4) is 0 Å². The van der Waals surface area contributed by atoms with Crippen LogP contribution in [0.25, 0.3) is 0 Å². The normalized spacial score (nSPS) is 17.8. The third kappa shape index (κ3) is 5.47. The van der Waals surface area contributed by atoms with Crippen molar-refractivity contribution in [1.82, 2.24) is 10.2 Å². The van der Waals surface area contributed by atoms with Gasteiger partial charge in [0, 0.05) is 6.54 Å². The minimum atomic E-state index is -1.01. The molecule has 0 radical (unpaired) electrons. The molecule has 1 heterocycles. The van der Waals surface area contributed by atoms with E-state index >= 15 is 0 Å². The SMILES string of the molecule is CC(C)C[C@H](NC(=O)OCc1ccccc1)C(=O)N1CCC[C@H]1C(=O)O. The molecule has 2 atom stereocenters. The van der Waals surface area contributed by atoms with Gasteiger partial charge < -0.3 is 20.1 Å². The summed E-state index contributed by atoms with van der Waals surface area (Å²) >= 11 is 0. The van der Waals surface area contributed by atoms with Gasteiger partial charge in [0.15, 0.2) is 0 Å². The number of carboxylic acid groups (broad SMARTS) is 1. The molecule has 0 spiro atoms. The molecule has 0 unspecified atom stereocenters. The Labute approximate surface area is 153 Å². The number of likely N-dealkylation sites (tertiary alicyclic amines) is 1. The molecule has 1 aliphatic heterocycles. The van der Waals surface area contributed by atoms with Crippen LogP contribution in [0.15, 0.2) is 30.3 Å². The molecule has 1 aromatic rings. The molecule has 7 nitrogen and oxygen atoms in total. The third-order valence-electron chi connectivity index (χ3n) is 4.33. The van der Waals surface area contributed by atoms with Gasteiger partial charge in [0.25, 0.3) is 0 Å². The van der Waals surface area contributed by atoms with Crippen molar-refractivity contribution in [2.45, 2.75) is 51.8 Å². The van der Waals surface area contributed by atoms with Gasteiger partial charge in [-0.2, -0.15) is 0 Å². The van der Waals surface area contributed by atoms with E-state index in [9.17, 15) is 19.5 Å². The second kappa shape index (κ2) is 9.22. The summed E-state index contributed by atoms with van der Waals surface area (Å²) in [5.41, 5.74) is 0.847. The molecule has 0 saturated carbocycles. The minimum absolute atomic E-state index is 0.108. The number of carbonyl (C=O) groups excluding carboxylic acids is 2. The van der Waals surface area contributed by atoms with Gasteiger partial charge in [0.2, 0.25) is 5.91 Å². The summed E-state index contributed by atoms with van der Waals surface area (Å²) < 4.78 is 5.19. The van der Waals surface area contributed by atoms with Gasteiger partial charge in [-0.15, -0.1) is 0 Å². The maximum atomic E-state index is 12.8. The van der Waals surface area contributed by atoms with Crippen LogP contribution in [0, 0.1) is 5.92 Å².